The molecule has 0 aliphatic heterocycles. The quantitative estimate of drug-likeness (QED) is 0.845. The van der Waals surface area contributed by atoms with Gasteiger partial charge in [-0.05, 0) is 11.5 Å². The molecule has 0 fully saturated rings. The molecule has 0 saturated heterocycles. The second-order valence-corrected chi connectivity index (χ2v) is 6.88. The molecule has 0 aliphatic rings. The average Bonchev–Trinajstić information content (AvgIpc) is 2.97. The van der Waals surface area contributed by atoms with Gasteiger partial charge < -0.3 is 4.52 Å². The van der Waals surface area contributed by atoms with E-state index in [1.54, 1.807) is 6.07 Å². The van der Waals surface area contributed by atoms with Gasteiger partial charge in [-0.25, -0.2) is 0 Å². The van der Waals surface area contributed by atoms with Crippen molar-refractivity contribution in [3.05, 3.63) is 53.7 Å². The zero-order chi connectivity index (χ0) is 16.7. The zero-order valence-corrected chi connectivity index (χ0v) is 14.0. The van der Waals surface area contributed by atoms with Crippen LogP contribution in [0.25, 0.3) is 6.08 Å². The molecule has 122 valence electrons. The molecule has 2 aromatic rings. The fraction of sp³-hybridized carbons (Fsp3) is 0.294. The van der Waals surface area contributed by atoms with E-state index < -0.39 is 10.8 Å². The molecule has 1 N–H and O–H groups in total. The second-order valence-electron chi connectivity index (χ2n) is 5.38. The first-order valence-corrected chi connectivity index (χ1v) is 8.86. The van der Waals surface area contributed by atoms with Crippen LogP contribution in [0.5, 0.6) is 0 Å². The van der Waals surface area contributed by atoms with E-state index in [9.17, 15) is 9.00 Å². The first kappa shape index (κ1) is 17.1. The van der Waals surface area contributed by atoms with Gasteiger partial charge >= 0.3 is 0 Å². The molecule has 0 saturated carbocycles. The average molecular weight is 332 g/mol. The smallest absolute Gasteiger partial charge is 0.239 e. The van der Waals surface area contributed by atoms with Crippen molar-refractivity contribution >= 4 is 28.7 Å². The van der Waals surface area contributed by atoms with Gasteiger partial charge in [-0.2, -0.15) is 0 Å². The van der Waals surface area contributed by atoms with Crippen LogP contribution in [0.4, 0.5) is 5.88 Å². The molecular weight excluding hydrogens is 312 g/mol. The Morgan fingerprint density at radius 1 is 1.35 bits per heavy atom. The lowest BCUT2D eigenvalue weighted by molar-refractivity contribution is -0.114. The van der Waals surface area contributed by atoms with E-state index in [4.69, 9.17) is 4.52 Å². The number of aromatic nitrogens is 1. The number of carbonyl (C=O) groups is 1. The molecular formula is C17H20N2O3S. The minimum Gasteiger partial charge on any atom is -0.338 e. The van der Waals surface area contributed by atoms with Crippen LogP contribution in [0.3, 0.4) is 0 Å². The summed E-state index contributed by atoms with van der Waals surface area (Å²) < 4.78 is 16.9. The Hall–Kier alpha value is -2.21. The third-order valence-electron chi connectivity index (χ3n) is 3.07. The Kier molecular flexibility index (Phi) is 6.29. The van der Waals surface area contributed by atoms with Crippen molar-refractivity contribution in [2.75, 3.05) is 16.8 Å². The van der Waals surface area contributed by atoms with E-state index in [2.05, 4.69) is 10.5 Å². The maximum atomic E-state index is 11.9. The molecule has 0 aliphatic carbocycles. The normalized spacial score (nSPS) is 12.7. The number of nitrogens with one attached hydrogen (secondary N) is 1. The van der Waals surface area contributed by atoms with Crippen molar-refractivity contribution in [2.24, 2.45) is 0 Å². The van der Waals surface area contributed by atoms with E-state index in [1.165, 1.54) is 0 Å². The van der Waals surface area contributed by atoms with Crippen molar-refractivity contribution in [1.29, 1.82) is 0 Å². The monoisotopic (exact) mass is 332 g/mol. The van der Waals surface area contributed by atoms with Gasteiger partial charge in [0.25, 0.3) is 0 Å². The topological polar surface area (TPSA) is 72.2 Å². The number of hydrogen-bond donors (Lipinski definition) is 1. The van der Waals surface area contributed by atoms with Gasteiger partial charge in [0.2, 0.25) is 11.8 Å². The number of rotatable bonds is 7. The van der Waals surface area contributed by atoms with Crippen molar-refractivity contribution in [3.8, 4) is 0 Å². The van der Waals surface area contributed by atoms with E-state index in [0.717, 1.165) is 11.3 Å². The van der Waals surface area contributed by atoms with Gasteiger partial charge in [0.05, 0.1) is 5.69 Å². The zero-order valence-electron chi connectivity index (χ0n) is 13.2. The molecule has 23 heavy (non-hydrogen) atoms. The second kappa shape index (κ2) is 8.43. The highest BCUT2D eigenvalue weighted by atomic mass is 32.2. The van der Waals surface area contributed by atoms with Crippen molar-refractivity contribution in [1.82, 2.24) is 5.16 Å². The molecule has 1 aromatic carbocycles. The fourth-order valence-electron chi connectivity index (χ4n) is 1.85. The standard InChI is InChI=1S/C17H20N2O3S/c1-13(2)15-11-17(22-19-15)18-16(20)12-23(21)10-6-9-14-7-4-3-5-8-14/h3-9,11,13H,10,12H2,1-2H3,(H,18,20)/b9-6+/t23-/m0/s1. The summed E-state index contributed by atoms with van der Waals surface area (Å²) in [6.07, 6.45) is 3.70. The van der Waals surface area contributed by atoms with Crippen LogP contribution >= 0.6 is 0 Å². The number of amides is 1. The highest BCUT2D eigenvalue weighted by Gasteiger charge is 2.12. The lowest BCUT2D eigenvalue weighted by Crippen LogP contribution is -2.20. The van der Waals surface area contributed by atoms with Crippen LogP contribution in [0.15, 0.2) is 47.0 Å². The van der Waals surface area contributed by atoms with Crippen LogP contribution in [0.1, 0.15) is 31.0 Å². The molecule has 6 heteroatoms. The molecule has 0 spiro atoms. The summed E-state index contributed by atoms with van der Waals surface area (Å²) in [4.78, 5) is 11.8. The van der Waals surface area contributed by atoms with Gasteiger partial charge in [0.1, 0.15) is 5.75 Å². The fourth-order valence-corrected chi connectivity index (χ4v) is 2.65. The van der Waals surface area contributed by atoms with E-state index in [-0.39, 0.29) is 23.5 Å². The first-order valence-electron chi connectivity index (χ1n) is 7.37. The lowest BCUT2D eigenvalue weighted by Gasteiger charge is -2.00. The largest absolute Gasteiger partial charge is 0.338 e. The number of carbonyl (C=O) groups excluding carboxylic acids is 1. The molecule has 0 unspecified atom stereocenters. The molecule has 0 radical (unpaired) electrons. The predicted octanol–water partition coefficient (Wildman–Crippen LogP) is 3.20. The number of nitrogens with zero attached hydrogens (tertiary/aromatic N) is 1. The summed E-state index contributed by atoms with van der Waals surface area (Å²) in [5.41, 5.74) is 1.81. The van der Waals surface area contributed by atoms with Crippen LogP contribution in [0, 0.1) is 0 Å². The van der Waals surface area contributed by atoms with Gasteiger partial charge in [0, 0.05) is 22.6 Å². The van der Waals surface area contributed by atoms with Gasteiger partial charge in [-0.1, -0.05) is 61.5 Å². The van der Waals surface area contributed by atoms with Crippen molar-refractivity contribution < 1.29 is 13.5 Å². The van der Waals surface area contributed by atoms with Crippen molar-refractivity contribution in [3.63, 3.8) is 0 Å². The van der Waals surface area contributed by atoms with Crippen LogP contribution in [-0.2, 0) is 15.6 Å². The highest BCUT2D eigenvalue weighted by molar-refractivity contribution is 7.85. The summed E-state index contributed by atoms with van der Waals surface area (Å²) in [5.74, 6) is 0.423. The van der Waals surface area contributed by atoms with Gasteiger partial charge in [-0.15, -0.1) is 0 Å². The molecule has 2 rings (SSSR count). The SMILES string of the molecule is CC(C)c1cc(NC(=O)C[S@@](=O)C/C=C/c2ccccc2)on1. The minimum atomic E-state index is -1.26. The van der Waals surface area contributed by atoms with Gasteiger partial charge in [-0.3, -0.25) is 14.3 Å². The molecule has 1 heterocycles. The maximum Gasteiger partial charge on any atom is 0.239 e. The Morgan fingerprint density at radius 2 is 2.09 bits per heavy atom. The minimum absolute atomic E-state index is 0.0726. The lowest BCUT2D eigenvalue weighted by atomic mass is 10.1. The molecule has 1 aromatic heterocycles. The summed E-state index contributed by atoms with van der Waals surface area (Å²) in [7, 11) is -1.26. The van der Waals surface area contributed by atoms with Crippen LogP contribution in [-0.4, -0.2) is 26.8 Å². The Balaban J connectivity index is 1.78. The Bertz CT molecular complexity index is 693. The van der Waals surface area contributed by atoms with Crippen molar-refractivity contribution in [2.45, 2.75) is 19.8 Å². The summed E-state index contributed by atoms with van der Waals surface area (Å²) >= 11 is 0. The van der Waals surface area contributed by atoms with E-state index in [0.29, 0.717) is 5.75 Å². The maximum absolute atomic E-state index is 11.9. The summed E-state index contributed by atoms with van der Waals surface area (Å²) in [6, 6.07) is 11.4. The molecule has 1 amide bonds. The third kappa shape index (κ3) is 5.83. The molecule has 5 nitrogen and oxygen atoms in total. The predicted molar refractivity (Wildman–Crippen MR) is 92.6 cm³/mol. The van der Waals surface area contributed by atoms with Crippen LogP contribution < -0.4 is 5.32 Å². The Morgan fingerprint density at radius 3 is 2.74 bits per heavy atom. The Labute approximate surface area is 138 Å². The molecule has 0 bridgehead atoms. The number of anilines is 1. The highest BCUT2D eigenvalue weighted by Crippen LogP contribution is 2.17. The molecule has 1 atom stereocenters. The van der Waals surface area contributed by atoms with Gasteiger partial charge in [0.15, 0.2) is 0 Å². The number of benzene rings is 1. The first-order chi connectivity index (χ1) is 11.0. The summed E-state index contributed by atoms with van der Waals surface area (Å²) in [5, 5.41) is 6.43. The van der Waals surface area contributed by atoms with E-state index >= 15 is 0 Å². The van der Waals surface area contributed by atoms with E-state index in [1.807, 2.05) is 56.3 Å². The number of hydrogen-bond acceptors (Lipinski definition) is 4. The summed E-state index contributed by atoms with van der Waals surface area (Å²) in [6.45, 7) is 3.97. The van der Waals surface area contributed by atoms with Crippen LogP contribution in [0.2, 0.25) is 0 Å². The third-order valence-corrected chi connectivity index (χ3v) is 4.22.